The topological polar surface area (TPSA) is 83.1 Å². The minimum absolute atomic E-state index is 0.140. The van der Waals surface area contributed by atoms with Gasteiger partial charge in [0.1, 0.15) is 0 Å². The maximum atomic E-state index is 13.6. The summed E-state index contributed by atoms with van der Waals surface area (Å²) in [7, 11) is -3.71. The largest absolute Gasteiger partial charge is 0.268 e. The molecule has 1 N–H and O–H groups in total. The number of aromatic amines is 1. The Labute approximate surface area is 183 Å². The molecule has 0 bridgehead atoms. The third-order valence-corrected chi connectivity index (χ3v) is 7.99. The zero-order chi connectivity index (χ0) is 22.0. The van der Waals surface area contributed by atoms with Crippen LogP contribution in [-0.2, 0) is 29.4 Å². The second-order valence-electron chi connectivity index (χ2n) is 7.96. The van der Waals surface area contributed by atoms with E-state index in [4.69, 9.17) is 0 Å². The van der Waals surface area contributed by atoms with Gasteiger partial charge in [-0.25, -0.2) is 13.5 Å². The van der Waals surface area contributed by atoms with Crippen LogP contribution in [0.4, 0.5) is 0 Å². The molecule has 1 heterocycles. The van der Waals surface area contributed by atoms with Gasteiger partial charge < -0.3 is 0 Å². The summed E-state index contributed by atoms with van der Waals surface area (Å²) in [6.45, 7) is 4.34. The first-order chi connectivity index (χ1) is 14.9. The molecule has 4 rings (SSSR count). The highest BCUT2D eigenvalue weighted by atomic mass is 32.2. The molecule has 7 heteroatoms. The fourth-order valence-corrected chi connectivity index (χ4v) is 5.90. The van der Waals surface area contributed by atoms with Crippen LogP contribution in [-0.4, -0.2) is 29.5 Å². The minimum atomic E-state index is -3.71. The Hall–Kier alpha value is -2.77. The Morgan fingerprint density at radius 3 is 2.45 bits per heavy atom. The third kappa shape index (κ3) is 4.20. The highest BCUT2D eigenvalue weighted by molar-refractivity contribution is 7.89. The summed E-state index contributed by atoms with van der Waals surface area (Å²) >= 11 is 0. The van der Waals surface area contributed by atoms with Gasteiger partial charge in [-0.1, -0.05) is 49.4 Å². The molecule has 0 saturated heterocycles. The average molecular weight is 438 g/mol. The predicted octanol–water partition coefficient (Wildman–Crippen LogP) is 3.83. The lowest BCUT2D eigenvalue weighted by molar-refractivity contribution is 0.423. The highest BCUT2D eigenvalue weighted by Crippen LogP contribution is 2.31. The molecule has 0 atom stereocenters. The number of fused-ring (bicyclic) bond motifs is 1. The molecule has 3 aromatic rings. The van der Waals surface area contributed by atoms with Gasteiger partial charge in [0.15, 0.2) is 0 Å². The summed E-state index contributed by atoms with van der Waals surface area (Å²) in [5.41, 5.74) is 4.61. The monoisotopic (exact) mass is 437 g/mol. The first-order valence-corrected chi connectivity index (χ1v) is 12.1. The Kier molecular flexibility index (Phi) is 6.07. The summed E-state index contributed by atoms with van der Waals surface area (Å²) in [4.78, 5) is 12.5. The number of hydrogen-bond donors (Lipinski definition) is 1. The van der Waals surface area contributed by atoms with Crippen molar-refractivity contribution in [3.63, 3.8) is 0 Å². The van der Waals surface area contributed by atoms with E-state index in [9.17, 15) is 13.2 Å². The summed E-state index contributed by atoms with van der Waals surface area (Å²) in [6, 6.07) is 15.0. The van der Waals surface area contributed by atoms with Crippen molar-refractivity contribution in [3.8, 4) is 11.3 Å². The van der Waals surface area contributed by atoms with Crippen LogP contribution in [0.3, 0.4) is 0 Å². The van der Waals surface area contributed by atoms with Gasteiger partial charge in [0.2, 0.25) is 10.0 Å². The number of nitrogens with zero attached hydrogens (tertiary/aromatic N) is 2. The molecule has 2 aromatic carbocycles. The van der Waals surface area contributed by atoms with Crippen LogP contribution in [0.5, 0.6) is 0 Å². The first kappa shape index (κ1) is 21.5. The number of hydrogen-bond acceptors (Lipinski definition) is 4. The fraction of sp³-hybridized carbons (Fsp3) is 0.333. The molecule has 0 radical (unpaired) electrons. The smallest absolute Gasteiger partial charge is 0.267 e. The van der Waals surface area contributed by atoms with E-state index in [0.29, 0.717) is 29.9 Å². The van der Waals surface area contributed by atoms with Crippen molar-refractivity contribution >= 4 is 10.0 Å². The zero-order valence-electron chi connectivity index (χ0n) is 17.9. The SMILES string of the molecule is CCN(Cc1ccccc1)S(=O)(=O)c1cc(-c2n[nH]c(=O)c3c2CCCC3)ccc1C. The molecule has 1 aliphatic carbocycles. The molecule has 1 aromatic heterocycles. The quantitative estimate of drug-likeness (QED) is 0.635. The summed E-state index contributed by atoms with van der Waals surface area (Å²) < 4.78 is 28.6. The third-order valence-electron chi connectivity index (χ3n) is 5.93. The molecule has 0 amide bonds. The van der Waals surface area contributed by atoms with E-state index in [1.807, 2.05) is 56.3 Å². The van der Waals surface area contributed by atoms with Crippen LogP contribution >= 0.6 is 0 Å². The van der Waals surface area contributed by atoms with E-state index in [1.54, 1.807) is 6.07 Å². The van der Waals surface area contributed by atoms with Crippen LogP contribution < -0.4 is 5.56 Å². The number of nitrogens with one attached hydrogen (secondary N) is 1. The second kappa shape index (κ2) is 8.77. The molecule has 0 saturated carbocycles. The Morgan fingerprint density at radius 1 is 1.03 bits per heavy atom. The van der Waals surface area contributed by atoms with Gasteiger partial charge in [0.25, 0.3) is 5.56 Å². The van der Waals surface area contributed by atoms with Crippen LogP contribution in [0.1, 0.15) is 42.0 Å². The standard InChI is InChI=1S/C24H27N3O3S/c1-3-27(16-18-9-5-4-6-10-18)31(29,30)22-15-19(14-13-17(22)2)23-20-11-7-8-12-21(20)24(28)26-25-23/h4-6,9-10,13-15H,3,7-8,11-12,16H2,1-2H3,(H,26,28). The molecule has 6 nitrogen and oxygen atoms in total. The van der Waals surface area contributed by atoms with Gasteiger partial charge >= 0.3 is 0 Å². The first-order valence-electron chi connectivity index (χ1n) is 10.7. The van der Waals surface area contributed by atoms with Crippen molar-refractivity contribution < 1.29 is 8.42 Å². The summed E-state index contributed by atoms with van der Waals surface area (Å²) in [5, 5.41) is 6.90. The molecule has 0 unspecified atom stereocenters. The van der Waals surface area contributed by atoms with Crippen molar-refractivity contribution in [1.82, 2.24) is 14.5 Å². The van der Waals surface area contributed by atoms with E-state index < -0.39 is 10.0 Å². The lowest BCUT2D eigenvalue weighted by Crippen LogP contribution is -2.31. The lowest BCUT2D eigenvalue weighted by atomic mass is 9.90. The molecular weight excluding hydrogens is 410 g/mol. The van der Waals surface area contributed by atoms with Crippen LogP contribution in [0.25, 0.3) is 11.3 Å². The Bertz CT molecular complexity index is 1250. The van der Waals surface area contributed by atoms with Crippen molar-refractivity contribution in [2.75, 3.05) is 6.54 Å². The summed E-state index contributed by atoms with van der Waals surface area (Å²) in [5.74, 6) is 0. The van der Waals surface area contributed by atoms with Crippen molar-refractivity contribution in [2.45, 2.75) is 51.0 Å². The van der Waals surface area contributed by atoms with Crippen molar-refractivity contribution in [2.24, 2.45) is 0 Å². The normalized spacial score (nSPS) is 13.9. The van der Waals surface area contributed by atoms with E-state index in [1.165, 1.54) is 4.31 Å². The number of benzene rings is 2. The maximum absolute atomic E-state index is 13.6. The Balaban J connectivity index is 1.77. The van der Waals surface area contributed by atoms with Gasteiger partial charge in [-0.05, 0) is 55.4 Å². The van der Waals surface area contributed by atoms with Crippen LogP contribution in [0.15, 0.2) is 58.2 Å². The zero-order valence-corrected chi connectivity index (χ0v) is 18.7. The number of H-pyrrole nitrogens is 1. The molecule has 0 spiro atoms. The predicted molar refractivity (Wildman–Crippen MR) is 121 cm³/mol. The average Bonchev–Trinajstić information content (AvgIpc) is 2.79. The fourth-order valence-electron chi connectivity index (χ4n) is 4.22. The van der Waals surface area contributed by atoms with Gasteiger partial charge in [0, 0.05) is 24.2 Å². The van der Waals surface area contributed by atoms with E-state index in [-0.39, 0.29) is 10.5 Å². The highest BCUT2D eigenvalue weighted by Gasteiger charge is 2.27. The van der Waals surface area contributed by atoms with E-state index >= 15 is 0 Å². The molecule has 0 fully saturated rings. The van der Waals surface area contributed by atoms with Gasteiger partial charge in [-0.15, -0.1) is 0 Å². The second-order valence-corrected chi connectivity index (χ2v) is 9.87. The molecule has 31 heavy (non-hydrogen) atoms. The number of sulfonamides is 1. The number of aromatic nitrogens is 2. The number of rotatable bonds is 6. The molecule has 0 aliphatic heterocycles. The molecule has 162 valence electrons. The summed E-state index contributed by atoms with van der Waals surface area (Å²) in [6.07, 6.45) is 3.51. The number of aryl methyl sites for hydroxylation is 1. The van der Waals surface area contributed by atoms with Gasteiger partial charge in [-0.3, -0.25) is 4.79 Å². The van der Waals surface area contributed by atoms with Crippen LogP contribution in [0, 0.1) is 6.92 Å². The molecular formula is C24H27N3O3S. The van der Waals surface area contributed by atoms with E-state index in [2.05, 4.69) is 10.2 Å². The Morgan fingerprint density at radius 2 is 1.74 bits per heavy atom. The lowest BCUT2D eigenvalue weighted by Gasteiger charge is -2.23. The molecule has 1 aliphatic rings. The van der Waals surface area contributed by atoms with Crippen LogP contribution in [0.2, 0.25) is 0 Å². The van der Waals surface area contributed by atoms with Gasteiger partial charge in [-0.2, -0.15) is 9.40 Å². The maximum Gasteiger partial charge on any atom is 0.267 e. The van der Waals surface area contributed by atoms with Gasteiger partial charge in [0.05, 0.1) is 10.6 Å². The van der Waals surface area contributed by atoms with E-state index in [0.717, 1.165) is 42.4 Å². The van der Waals surface area contributed by atoms with Crippen molar-refractivity contribution in [3.05, 3.63) is 81.1 Å². The minimum Gasteiger partial charge on any atom is -0.268 e. The van der Waals surface area contributed by atoms with Crippen molar-refractivity contribution in [1.29, 1.82) is 0 Å².